The van der Waals surface area contributed by atoms with Gasteiger partial charge in [-0.15, -0.1) is 47.0 Å². The minimum Gasteiger partial charge on any atom is -0.130 e. The van der Waals surface area contributed by atoms with Gasteiger partial charge >= 0.3 is 0 Å². The van der Waals surface area contributed by atoms with Crippen LogP contribution in [0.4, 0.5) is 0 Å². The van der Waals surface area contributed by atoms with E-state index in [2.05, 4.69) is 104 Å². The summed E-state index contributed by atoms with van der Waals surface area (Å²) in [7, 11) is 8.51. The molecule has 4 rings (SSSR count). The predicted octanol–water partition coefficient (Wildman–Crippen LogP) is 5.81. The maximum Gasteiger partial charge on any atom is 0.129 e. The van der Waals surface area contributed by atoms with Crippen LogP contribution in [0.1, 0.15) is 13.8 Å². The fourth-order valence-electron chi connectivity index (χ4n) is 1.73. The smallest absolute Gasteiger partial charge is 0.129 e. The summed E-state index contributed by atoms with van der Waals surface area (Å²) in [6, 6.07) is 0. The van der Waals surface area contributed by atoms with Crippen molar-refractivity contribution < 1.29 is 0 Å². The number of thioether (sulfide) groups is 4. The Morgan fingerprint density at radius 2 is 1.39 bits per heavy atom. The summed E-state index contributed by atoms with van der Waals surface area (Å²) in [5, 5.41) is 1.58. The van der Waals surface area contributed by atoms with E-state index in [4.69, 9.17) is 0 Å². The Balaban J connectivity index is 1.82. The molecule has 4 heterocycles. The Morgan fingerprint density at radius 1 is 0.778 bits per heavy atom. The first-order valence-corrected chi connectivity index (χ1v) is 14.3. The first-order valence-electron chi connectivity index (χ1n) is 5.89. The molecular weight excluding hydrogens is 377 g/mol. The van der Waals surface area contributed by atoms with E-state index < -0.39 is 0 Å². The van der Waals surface area contributed by atoms with Gasteiger partial charge in [0.1, 0.15) is 3.41 Å². The standard InChI is InChI=1S/C10H16S8/c1-6-3-11-10-9(18-16-7(2)4-12-10)14-8(5-13-10)17-15-6/h6-9H,3-5H2,1-2H3. The second-order valence-electron chi connectivity index (χ2n) is 4.44. The van der Waals surface area contributed by atoms with Crippen molar-refractivity contribution in [3.63, 3.8) is 0 Å². The van der Waals surface area contributed by atoms with E-state index in [9.17, 15) is 0 Å². The van der Waals surface area contributed by atoms with Crippen molar-refractivity contribution in [2.75, 3.05) is 17.3 Å². The lowest BCUT2D eigenvalue weighted by Gasteiger charge is -2.41. The van der Waals surface area contributed by atoms with Crippen LogP contribution in [-0.4, -0.2) is 40.3 Å². The second kappa shape index (κ2) is 6.92. The van der Waals surface area contributed by atoms with Gasteiger partial charge in [-0.3, -0.25) is 0 Å². The average molecular weight is 393 g/mol. The molecule has 104 valence electrons. The molecule has 2 bridgehead atoms. The molecule has 0 saturated carbocycles. The first-order chi connectivity index (χ1) is 8.68. The van der Waals surface area contributed by atoms with Gasteiger partial charge in [-0.1, -0.05) is 57.0 Å². The van der Waals surface area contributed by atoms with Crippen molar-refractivity contribution in [2.24, 2.45) is 0 Å². The van der Waals surface area contributed by atoms with Crippen LogP contribution < -0.4 is 0 Å². The van der Waals surface area contributed by atoms with Gasteiger partial charge in [-0.25, -0.2) is 0 Å². The van der Waals surface area contributed by atoms with E-state index in [1.54, 1.807) is 0 Å². The minimum atomic E-state index is 0.420. The van der Waals surface area contributed by atoms with Crippen molar-refractivity contribution in [3.8, 4) is 0 Å². The lowest BCUT2D eigenvalue weighted by atomic mass is 10.6. The lowest BCUT2D eigenvalue weighted by Crippen LogP contribution is -2.34. The van der Waals surface area contributed by atoms with Gasteiger partial charge in [0.05, 0.1) is 9.16 Å². The van der Waals surface area contributed by atoms with E-state index in [1.807, 2.05) is 0 Å². The van der Waals surface area contributed by atoms with Crippen LogP contribution in [-0.2, 0) is 0 Å². The molecule has 0 radical (unpaired) electrons. The highest BCUT2D eigenvalue weighted by Crippen LogP contribution is 2.67. The van der Waals surface area contributed by atoms with Crippen LogP contribution in [0, 0.1) is 0 Å². The van der Waals surface area contributed by atoms with Gasteiger partial charge in [-0.2, -0.15) is 0 Å². The number of rotatable bonds is 0. The summed E-state index contributed by atoms with van der Waals surface area (Å²) in [5.74, 6) is 3.94. The third-order valence-corrected chi connectivity index (χ3v) is 19.3. The average Bonchev–Trinajstić information content (AvgIpc) is 2.45. The third kappa shape index (κ3) is 3.58. The molecule has 0 nitrogen and oxygen atoms in total. The molecule has 0 aromatic rings. The second-order valence-corrected chi connectivity index (χ2v) is 16.7. The summed E-state index contributed by atoms with van der Waals surface area (Å²) in [4.78, 5) is 0. The Hall–Kier alpha value is 2.80. The van der Waals surface area contributed by atoms with Crippen molar-refractivity contribution in [2.45, 2.75) is 36.9 Å². The molecule has 0 aromatic heterocycles. The van der Waals surface area contributed by atoms with Crippen LogP contribution in [0.25, 0.3) is 0 Å². The van der Waals surface area contributed by atoms with E-state index in [0.717, 1.165) is 19.7 Å². The molecule has 0 N–H and O–H groups in total. The monoisotopic (exact) mass is 392 g/mol. The SMILES string of the molecule is CC1CSC23SCC(C)SSC2SC(CS3)SS1. The van der Waals surface area contributed by atoms with E-state index >= 15 is 0 Å². The summed E-state index contributed by atoms with van der Waals surface area (Å²) in [5.41, 5.74) is 0. The van der Waals surface area contributed by atoms with Crippen molar-refractivity contribution >= 4 is 90.2 Å². The predicted molar refractivity (Wildman–Crippen MR) is 105 cm³/mol. The largest absolute Gasteiger partial charge is 0.130 e. The van der Waals surface area contributed by atoms with Gasteiger partial charge in [0.15, 0.2) is 0 Å². The highest BCUT2D eigenvalue weighted by molar-refractivity contribution is 8.81. The Morgan fingerprint density at radius 3 is 2.11 bits per heavy atom. The van der Waals surface area contributed by atoms with E-state index in [1.165, 1.54) is 17.3 Å². The normalized spacial score (nSPS) is 49.7. The molecular formula is C10H16S8. The number of fused-ring (bicyclic) bond motifs is 5. The zero-order valence-corrected chi connectivity index (χ0v) is 16.7. The highest BCUT2D eigenvalue weighted by atomic mass is 33.1. The molecule has 0 aliphatic carbocycles. The third-order valence-electron chi connectivity index (χ3n) is 2.66. The molecule has 8 heteroatoms. The zero-order valence-electron chi connectivity index (χ0n) is 10.2. The van der Waals surface area contributed by atoms with Crippen LogP contribution in [0.5, 0.6) is 0 Å². The van der Waals surface area contributed by atoms with Gasteiger partial charge in [0.2, 0.25) is 0 Å². The molecule has 4 aliphatic heterocycles. The van der Waals surface area contributed by atoms with Gasteiger partial charge in [-0.05, 0) is 0 Å². The number of hydrogen-bond acceptors (Lipinski definition) is 8. The molecule has 4 saturated heterocycles. The van der Waals surface area contributed by atoms with E-state index in [0.29, 0.717) is 3.41 Å². The van der Waals surface area contributed by atoms with Crippen LogP contribution in [0.2, 0.25) is 0 Å². The molecule has 0 aromatic carbocycles. The maximum atomic E-state index is 2.39. The Labute approximate surface area is 143 Å². The summed E-state index contributed by atoms with van der Waals surface area (Å²) in [6.07, 6.45) is 0. The molecule has 1 spiro atoms. The van der Waals surface area contributed by atoms with Crippen LogP contribution in [0.3, 0.4) is 0 Å². The van der Waals surface area contributed by atoms with Crippen molar-refractivity contribution in [1.29, 1.82) is 0 Å². The van der Waals surface area contributed by atoms with Crippen LogP contribution in [0.15, 0.2) is 0 Å². The van der Waals surface area contributed by atoms with Crippen LogP contribution >= 0.6 is 90.2 Å². The number of hydrogen-bond donors (Lipinski definition) is 0. The summed E-state index contributed by atoms with van der Waals surface area (Å²) < 4.78 is 1.97. The minimum absolute atomic E-state index is 0.420. The Kier molecular flexibility index (Phi) is 6.03. The quantitative estimate of drug-likeness (QED) is 0.468. The molecule has 4 aliphatic rings. The van der Waals surface area contributed by atoms with Gasteiger partial charge < -0.3 is 0 Å². The molecule has 5 unspecified atom stereocenters. The highest BCUT2D eigenvalue weighted by Gasteiger charge is 2.49. The fourth-order valence-corrected chi connectivity index (χ4v) is 18.0. The van der Waals surface area contributed by atoms with Gasteiger partial charge in [0, 0.05) is 27.8 Å². The molecule has 4 fully saturated rings. The topological polar surface area (TPSA) is 0 Å². The van der Waals surface area contributed by atoms with Crippen molar-refractivity contribution in [3.05, 3.63) is 0 Å². The molecule has 5 atom stereocenters. The fraction of sp³-hybridized carbons (Fsp3) is 1.00. The molecule has 0 amide bonds. The maximum absolute atomic E-state index is 2.39. The van der Waals surface area contributed by atoms with E-state index in [-0.39, 0.29) is 0 Å². The first kappa shape index (κ1) is 15.7. The van der Waals surface area contributed by atoms with Gasteiger partial charge in [0.25, 0.3) is 0 Å². The summed E-state index contributed by atoms with van der Waals surface area (Å²) >= 11 is 8.97. The Bertz CT molecular complexity index is 300. The summed E-state index contributed by atoms with van der Waals surface area (Å²) in [6.45, 7) is 4.77. The van der Waals surface area contributed by atoms with Crippen molar-refractivity contribution in [1.82, 2.24) is 0 Å². The molecule has 18 heavy (non-hydrogen) atoms. The lowest BCUT2D eigenvalue weighted by molar-refractivity contribution is 1.12. The zero-order chi connectivity index (χ0) is 12.6.